The van der Waals surface area contributed by atoms with Gasteiger partial charge in [-0.25, -0.2) is 19.9 Å². The number of fused-ring (bicyclic) bond motifs is 1. The van der Waals surface area contributed by atoms with Crippen LogP contribution < -0.4 is 5.32 Å². The van der Waals surface area contributed by atoms with E-state index in [0.717, 1.165) is 17.5 Å². The van der Waals surface area contributed by atoms with Gasteiger partial charge in [0.1, 0.15) is 21.6 Å². The van der Waals surface area contributed by atoms with Crippen LogP contribution in [-0.2, 0) is 6.18 Å². The van der Waals surface area contributed by atoms with Crippen molar-refractivity contribution in [2.45, 2.75) is 6.18 Å². The van der Waals surface area contributed by atoms with Gasteiger partial charge in [0.15, 0.2) is 15.3 Å². The molecule has 0 aromatic carbocycles. The molecule has 6 nitrogen and oxygen atoms in total. The number of rotatable bonds is 2. The summed E-state index contributed by atoms with van der Waals surface area (Å²) < 4.78 is 37.4. The number of hydrogen-bond acceptors (Lipinski definition) is 7. The second kappa shape index (κ2) is 5.41. The predicted octanol–water partition coefficient (Wildman–Crippen LogP) is 3.47. The third-order valence-electron chi connectivity index (χ3n) is 2.34. The molecule has 3 aromatic heterocycles. The van der Waals surface area contributed by atoms with Crippen LogP contribution in [0.25, 0.3) is 10.3 Å². The molecule has 0 aliphatic carbocycles. The number of hydrogen-bond donors (Lipinski definition) is 1. The van der Waals surface area contributed by atoms with E-state index < -0.39 is 17.1 Å². The Morgan fingerprint density at radius 3 is 2.64 bits per heavy atom. The standard InChI is InChI=1S/C10H3ClF3N5OS2/c11-5-4-7(17-2-16-5)22-9(18-4)19-6(20)3-1-15-8(21-3)10(12,13)14/h1-2H,(H,18,19,20). The van der Waals surface area contributed by atoms with E-state index in [9.17, 15) is 18.0 Å². The molecule has 22 heavy (non-hydrogen) atoms. The van der Waals surface area contributed by atoms with Crippen LogP contribution >= 0.6 is 34.3 Å². The number of carbonyl (C=O) groups is 1. The predicted molar refractivity (Wildman–Crippen MR) is 75.3 cm³/mol. The summed E-state index contributed by atoms with van der Waals surface area (Å²) >= 11 is 7.11. The van der Waals surface area contributed by atoms with Gasteiger partial charge in [0.2, 0.25) is 0 Å². The molecule has 0 spiro atoms. The van der Waals surface area contributed by atoms with E-state index in [1.807, 2.05) is 0 Å². The molecule has 1 N–H and O–H groups in total. The molecule has 3 aromatic rings. The Bertz CT molecular complexity index is 862. The van der Waals surface area contributed by atoms with Crippen LogP contribution in [0.1, 0.15) is 14.7 Å². The minimum atomic E-state index is -4.58. The lowest BCUT2D eigenvalue weighted by atomic mass is 10.5. The molecule has 0 fully saturated rings. The average Bonchev–Trinajstić information content (AvgIpc) is 3.04. The van der Waals surface area contributed by atoms with Crippen molar-refractivity contribution in [2.24, 2.45) is 0 Å². The first kappa shape index (κ1) is 15.1. The van der Waals surface area contributed by atoms with Crippen LogP contribution in [0.3, 0.4) is 0 Å². The normalized spacial score (nSPS) is 11.8. The summed E-state index contributed by atoms with van der Waals surface area (Å²) in [6, 6.07) is 0. The highest BCUT2D eigenvalue weighted by Crippen LogP contribution is 2.33. The molecule has 0 atom stereocenters. The number of anilines is 1. The molecule has 1 amide bonds. The SMILES string of the molecule is O=C(Nc1nc2c(Cl)ncnc2s1)c1cnc(C(F)(F)F)s1. The van der Waals surface area contributed by atoms with Crippen LogP contribution in [-0.4, -0.2) is 25.8 Å². The highest BCUT2D eigenvalue weighted by Gasteiger charge is 2.35. The van der Waals surface area contributed by atoms with Gasteiger partial charge in [-0.2, -0.15) is 13.2 Å². The topological polar surface area (TPSA) is 80.7 Å². The summed E-state index contributed by atoms with van der Waals surface area (Å²) in [6.45, 7) is 0. The molecule has 3 rings (SSSR count). The maximum absolute atomic E-state index is 12.5. The van der Waals surface area contributed by atoms with Gasteiger partial charge in [-0.3, -0.25) is 10.1 Å². The fourth-order valence-electron chi connectivity index (χ4n) is 1.45. The van der Waals surface area contributed by atoms with Crippen molar-refractivity contribution in [1.29, 1.82) is 0 Å². The van der Waals surface area contributed by atoms with E-state index >= 15 is 0 Å². The van der Waals surface area contributed by atoms with Gasteiger partial charge in [0, 0.05) is 0 Å². The molecule has 0 saturated heterocycles. The van der Waals surface area contributed by atoms with Crippen molar-refractivity contribution >= 4 is 55.7 Å². The molecule has 0 saturated carbocycles. The lowest BCUT2D eigenvalue weighted by Gasteiger charge is -1.99. The van der Waals surface area contributed by atoms with Crippen LogP contribution in [0.4, 0.5) is 18.3 Å². The second-order valence-corrected chi connectivity index (χ2v) is 6.18. The zero-order valence-corrected chi connectivity index (χ0v) is 12.6. The van der Waals surface area contributed by atoms with Crippen molar-refractivity contribution < 1.29 is 18.0 Å². The van der Waals surface area contributed by atoms with Crippen LogP contribution in [0.5, 0.6) is 0 Å². The first-order valence-corrected chi connectivity index (χ1v) is 7.47. The number of nitrogens with one attached hydrogen (secondary N) is 1. The first-order chi connectivity index (χ1) is 10.3. The summed E-state index contributed by atoms with van der Waals surface area (Å²) in [4.78, 5) is 27.1. The maximum Gasteiger partial charge on any atom is 0.443 e. The van der Waals surface area contributed by atoms with Crippen LogP contribution in [0.2, 0.25) is 5.15 Å². The van der Waals surface area contributed by atoms with Gasteiger partial charge in [-0.1, -0.05) is 22.9 Å². The molecule has 0 aliphatic heterocycles. The van der Waals surface area contributed by atoms with E-state index in [4.69, 9.17) is 11.6 Å². The number of thiazole rings is 2. The lowest BCUT2D eigenvalue weighted by Crippen LogP contribution is -2.09. The van der Waals surface area contributed by atoms with Crippen molar-refractivity contribution in [3.63, 3.8) is 0 Å². The van der Waals surface area contributed by atoms with Gasteiger partial charge < -0.3 is 0 Å². The third-order valence-corrected chi connectivity index (χ3v) is 4.54. The van der Waals surface area contributed by atoms with E-state index in [1.165, 1.54) is 6.33 Å². The van der Waals surface area contributed by atoms with Gasteiger partial charge in [-0.15, -0.1) is 11.3 Å². The summed E-state index contributed by atoms with van der Waals surface area (Å²) in [7, 11) is 0. The smallest absolute Gasteiger partial charge is 0.297 e. The number of halogens is 4. The molecule has 114 valence electrons. The summed E-state index contributed by atoms with van der Waals surface area (Å²) in [5.74, 6) is -0.740. The van der Waals surface area contributed by atoms with Crippen LogP contribution in [0.15, 0.2) is 12.5 Å². The zero-order valence-electron chi connectivity index (χ0n) is 10.2. The van der Waals surface area contributed by atoms with Gasteiger partial charge in [-0.05, 0) is 0 Å². The Hall–Kier alpha value is -1.85. The fourth-order valence-corrected chi connectivity index (χ4v) is 3.16. The minimum absolute atomic E-state index is 0.124. The van der Waals surface area contributed by atoms with Gasteiger partial charge in [0.05, 0.1) is 6.20 Å². The lowest BCUT2D eigenvalue weighted by molar-refractivity contribution is -0.137. The van der Waals surface area contributed by atoms with Gasteiger partial charge >= 0.3 is 6.18 Å². The van der Waals surface area contributed by atoms with Crippen molar-refractivity contribution in [2.75, 3.05) is 5.32 Å². The van der Waals surface area contributed by atoms with E-state index in [2.05, 4.69) is 25.3 Å². The molecular weight excluding hydrogens is 363 g/mol. The van der Waals surface area contributed by atoms with Crippen molar-refractivity contribution in [3.05, 3.63) is 27.6 Å². The second-order valence-electron chi connectivity index (χ2n) is 3.82. The largest absolute Gasteiger partial charge is 0.443 e. The van der Waals surface area contributed by atoms with Crippen LogP contribution in [0, 0.1) is 0 Å². The fraction of sp³-hybridized carbons (Fsp3) is 0.100. The maximum atomic E-state index is 12.5. The molecule has 3 heterocycles. The Kier molecular flexibility index (Phi) is 3.70. The van der Waals surface area contributed by atoms with E-state index in [1.54, 1.807) is 0 Å². The molecule has 0 radical (unpaired) electrons. The Morgan fingerprint density at radius 2 is 2.00 bits per heavy atom. The number of amides is 1. The average molecular weight is 366 g/mol. The molecule has 0 unspecified atom stereocenters. The first-order valence-electron chi connectivity index (χ1n) is 5.46. The number of carbonyl (C=O) groups excluding carboxylic acids is 1. The Labute approximate surface area is 133 Å². The molecular formula is C10H3ClF3N5OS2. The molecule has 0 aliphatic rings. The van der Waals surface area contributed by atoms with Gasteiger partial charge in [0.25, 0.3) is 5.91 Å². The zero-order chi connectivity index (χ0) is 15.9. The quantitative estimate of drug-likeness (QED) is 0.703. The number of alkyl halides is 3. The molecule has 12 heteroatoms. The number of aromatic nitrogens is 4. The summed E-state index contributed by atoms with van der Waals surface area (Å²) in [5.41, 5.74) is 0.310. The minimum Gasteiger partial charge on any atom is -0.297 e. The molecule has 0 bridgehead atoms. The van der Waals surface area contributed by atoms with Crippen molar-refractivity contribution in [1.82, 2.24) is 19.9 Å². The Morgan fingerprint density at radius 1 is 1.23 bits per heavy atom. The van der Waals surface area contributed by atoms with Crippen molar-refractivity contribution in [3.8, 4) is 0 Å². The van der Waals surface area contributed by atoms with E-state index in [0.29, 0.717) is 10.3 Å². The Balaban J connectivity index is 1.84. The number of nitrogens with zero attached hydrogens (tertiary/aromatic N) is 4. The highest BCUT2D eigenvalue weighted by atomic mass is 35.5. The highest BCUT2D eigenvalue weighted by molar-refractivity contribution is 7.22. The monoisotopic (exact) mass is 365 g/mol. The summed E-state index contributed by atoms with van der Waals surface area (Å²) in [5, 5.41) is 1.58. The summed E-state index contributed by atoms with van der Waals surface area (Å²) in [6.07, 6.45) is -2.47. The van der Waals surface area contributed by atoms with E-state index in [-0.39, 0.29) is 26.5 Å². The third kappa shape index (κ3) is 2.87.